The van der Waals surface area contributed by atoms with Crippen LogP contribution in [0.3, 0.4) is 0 Å². The molecule has 174 valence electrons. The molecule has 0 saturated carbocycles. The summed E-state index contributed by atoms with van der Waals surface area (Å²) in [6, 6.07) is 20.3. The van der Waals surface area contributed by atoms with Crippen LogP contribution < -0.4 is 5.32 Å². The molecule has 3 aromatic rings. The van der Waals surface area contributed by atoms with Crippen LogP contribution in [0, 0.1) is 0 Å². The van der Waals surface area contributed by atoms with E-state index >= 15 is 0 Å². The number of benzene rings is 3. The Bertz CT molecular complexity index is 1240. The fraction of sp³-hybridized carbons (Fsp3) is 0.240. The van der Waals surface area contributed by atoms with E-state index < -0.39 is 15.9 Å². The zero-order valence-electron chi connectivity index (χ0n) is 19.2. The van der Waals surface area contributed by atoms with Crippen LogP contribution in [0.15, 0.2) is 71.6 Å². The number of amides is 1. The van der Waals surface area contributed by atoms with Crippen LogP contribution >= 0.6 is 11.6 Å². The van der Waals surface area contributed by atoms with E-state index in [0.29, 0.717) is 0 Å². The molecule has 3 rings (SSSR count). The van der Waals surface area contributed by atoms with Crippen LogP contribution in [0.1, 0.15) is 21.5 Å². The smallest absolute Gasteiger partial charge is 0.253 e. The molecule has 6 nitrogen and oxygen atoms in total. The number of carbonyl (C=O) groups is 1. The lowest BCUT2D eigenvalue weighted by atomic mass is 9.98. The molecule has 3 aromatic carbocycles. The number of carbonyl (C=O) groups excluding carboxylic acids is 1. The van der Waals surface area contributed by atoms with Gasteiger partial charge in [-0.05, 0) is 54.5 Å². The summed E-state index contributed by atoms with van der Waals surface area (Å²) in [6.45, 7) is 1.14. The lowest BCUT2D eigenvalue weighted by Gasteiger charge is -2.15. The summed E-state index contributed by atoms with van der Waals surface area (Å²) in [4.78, 5) is 15.0. The summed E-state index contributed by atoms with van der Waals surface area (Å²) >= 11 is 6.21. The van der Waals surface area contributed by atoms with Crippen LogP contribution in [0.4, 0.5) is 0 Å². The lowest BCUT2D eigenvalue weighted by Crippen LogP contribution is -2.25. The summed E-state index contributed by atoms with van der Waals surface area (Å²) in [5, 5.41) is 3.06. The molecule has 0 aliphatic rings. The minimum Gasteiger partial charge on any atom is -0.348 e. The van der Waals surface area contributed by atoms with Crippen molar-refractivity contribution < 1.29 is 13.2 Å². The Balaban J connectivity index is 1.81. The third kappa shape index (κ3) is 6.00. The molecule has 0 radical (unpaired) electrons. The first kappa shape index (κ1) is 24.9. The van der Waals surface area contributed by atoms with Gasteiger partial charge in [0.15, 0.2) is 0 Å². The molecule has 0 atom stereocenters. The summed E-state index contributed by atoms with van der Waals surface area (Å²) < 4.78 is 26.0. The van der Waals surface area contributed by atoms with Gasteiger partial charge < -0.3 is 10.2 Å². The van der Waals surface area contributed by atoms with Gasteiger partial charge in [0.05, 0.1) is 15.5 Å². The van der Waals surface area contributed by atoms with Crippen molar-refractivity contribution in [1.29, 1.82) is 0 Å². The zero-order chi connectivity index (χ0) is 24.2. The van der Waals surface area contributed by atoms with Crippen LogP contribution in [0.5, 0.6) is 0 Å². The van der Waals surface area contributed by atoms with Crippen molar-refractivity contribution in [2.75, 3.05) is 28.2 Å². The quantitative estimate of drug-likeness (QED) is 0.518. The van der Waals surface area contributed by atoms with Crippen molar-refractivity contribution in [2.24, 2.45) is 0 Å². The lowest BCUT2D eigenvalue weighted by molar-refractivity contribution is 0.0951. The first-order chi connectivity index (χ1) is 15.6. The van der Waals surface area contributed by atoms with E-state index in [1.165, 1.54) is 37.9 Å². The van der Waals surface area contributed by atoms with Crippen LogP contribution in [-0.4, -0.2) is 51.7 Å². The number of nitrogens with one attached hydrogen (secondary N) is 1. The van der Waals surface area contributed by atoms with Gasteiger partial charge in [-0.2, -0.15) is 0 Å². The van der Waals surface area contributed by atoms with Gasteiger partial charge in [0.25, 0.3) is 5.91 Å². The maximum Gasteiger partial charge on any atom is 0.253 e. The second-order valence-corrected chi connectivity index (χ2v) is 10.8. The summed E-state index contributed by atoms with van der Waals surface area (Å²) in [7, 11) is 3.26. The first-order valence-electron chi connectivity index (χ1n) is 10.4. The van der Waals surface area contributed by atoms with Gasteiger partial charge in [-0.25, -0.2) is 12.7 Å². The van der Waals surface area contributed by atoms with E-state index in [-0.39, 0.29) is 22.0 Å². The van der Waals surface area contributed by atoms with Gasteiger partial charge in [0, 0.05) is 27.2 Å². The van der Waals surface area contributed by atoms with Crippen molar-refractivity contribution in [1.82, 2.24) is 14.5 Å². The molecule has 0 spiro atoms. The van der Waals surface area contributed by atoms with Crippen LogP contribution in [0.2, 0.25) is 5.02 Å². The predicted octanol–water partition coefficient (Wildman–Crippen LogP) is 4.25. The molecule has 8 heteroatoms. The van der Waals surface area contributed by atoms with Crippen molar-refractivity contribution in [3.05, 3.63) is 88.4 Å². The Hall–Kier alpha value is -2.71. The van der Waals surface area contributed by atoms with Crippen LogP contribution in [0.25, 0.3) is 11.1 Å². The predicted molar refractivity (Wildman–Crippen MR) is 133 cm³/mol. The number of hydrogen-bond donors (Lipinski definition) is 1. The minimum absolute atomic E-state index is 0.0141. The molecule has 0 aliphatic heterocycles. The molecule has 0 saturated heterocycles. The topological polar surface area (TPSA) is 69.7 Å². The second-order valence-electron chi connectivity index (χ2n) is 8.20. The van der Waals surface area contributed by atoms with Crippen molar-refractivity contribution in [2.45, 2.75) is 18.0 Å². The van der Waals surface area contributed by atoms with E-state index in [4.69, 9.17) is 11.6 Å². The third-order valence-corrected chi connectivity index (χ3v) is 7.32. The van der Waals surface area contributed by atoms with Gasteiger partial charge in [-0.3, -0.25) is 4.79 Å². The normalized spacial score (nSPS) is 11.7. The van der Waals surface area contributed by atoms with Gasteiger partial charge in [0.1, 0.15) is 0 Å². The Morgan fingerprint density at radius 1 is 0.939 bits per heavy atom. The average Bonchev–Trinajstić information content (AvgIpc) is 2.78. The number of rotatable bonds is 8. The van der Waals surface area contributed by atoms with E-state index in [2.05, 4.69) is 34.5 Å². The van der Waals surface area contributed by atoms with Gasteiger partial charge in [-0.1, -0.05) is 60.1 Å². The molecule has 33 heavy (non-hydrogen) atoms. The molecule has 0 bridgehead atoms. The van der Waals surface area contributed by atoms with Gasteiger partial charge >= 0.3 is 0 Å². The largest absolute Gasteiger partial charge is 0.348 e. The Labute approximate surface area is 200 Å². The number of sulfonamides is 1. The molecule has 1 N–H and O–H groups in total. The van der Waals surface area contributed by atoms with E-state index in [1.54, 1.807) is 0 Å². The monoisotopic (exact) mass is 485 g/mol. The number of hydrogen-bond acceptors (Lipinski definition) is 4. The molecule has 0 fully saturated rings. The fourth-order valence-corrected chi connectivity index (χ4v) is 4.56. The number of nitrogens with zero attached hydrogens (tertiary/aromatic N) is 2. The van der Waals surface area contributed by atoms with Gasteiger partial charge in [0.2, 0.25) is 10.0 Å². The van der Waals surface area contributed by atoms with E-state index in [0.717, 1.165) is 27.5 Å². The molecule has 0 aromatic heterocycles. The van der Waals surface area contributed by atoms with Crippen molar-refractivity contribution in [3.63, 3.8) is 0 Å². The fourth-order valence-electron chi connectivity index (χ4n) is 3.43. The van der Waals surface area contributed by atoms with Crippen molar-refractivity contribution in [3.8, 4) is 11.1 Å². The molecular weight excluding hydrogens is 458 g/mol. The molecular formula is C25H28ClN3O3S. The highest BCUT2D eigenvalue weighted by Gasteiger charge is 2.21. The summed E-state index contributed by atoms with van der Waals surface area (Å²) in [5.74, 6) is -0.438. The van der Waals surface area contributed by atoms with Crippen molar-refractivity contribution >= 4 is 27.5 Å². The zero-order valence-corrected chi connectivity index (χ0v) is 20.7. The molecule has 0 unspecified atom stereocenters. The SMILES string of the molecule is CN(C)Cc1ccc(-c2ccccc2CNC(=O)c2cc(S(=O)(=O)N(C)C)ccc2Cl)cc1. The average molecular weight is 486 g/mol. The molecule has 0 heterocycles. The van der Waals surface area contributed by atoms with Gasteiger partial charge in [-0.15, -0.1) is 0 Å². The highest BCUT2D eigenvalue weighted by molar-refractivity contribution is 7.89. The number of halogens is 1. The highest BCUT2D eigenvalue weighted by atomic mass is 35.5. The first-order valence-corrected chi connectivity index (χ1v) is 12.2. The molecule has 0 aliphatic carbocycles. The second kappa shape index (κ2) is 10.5. The maximum atomic E-state index is 12.9. The molecule has 1 amide bonds. The Morgan fingerprint density at radius 3 is 2.24 bits per heavy atom. The van der Waals surface area contributed by atoms with Crippen LogP contribution in [-0.2, 0) is 23.1 Å². The highest BCUT2D eigenvalue weighted by Crippen LogP contribution is 2.25. The summed E-state index contributed by atoms with van der Waals surface area (Å²) in [6.07, 6.45) is 0. The van der Waals surface area contributed by atoms with E-state index in [1.807, 2.05) is 38.4 Å². The standard InChI is InChI=1S/C25H28ClN3O3S/c1-28(2)17-18-9-11-19(12-10-18)22-8-6-5-7-20(22)16-27-25(30)23-15-21(13-14-24(23)26)33(31,32)29(3)4/h5-15H,16-17H2,1-4H3,(H,27,30). The third-order valence-electron chi connectivity index (χ3n) is 5.18. The van der Waals surface area contributed by atoms with E-state index in [9.17, 15) is 13.2 Å². The Morgan fingerprint density at radius 2 is 1.61 bits per heavy atom. The summed E-state index contributed by atoms with van der Waals surface area (Å²) in [5.41, 5.74) is 4.35. The maximum absolute atomic E-state index is 12.9. The minimum atomic E-state index is -3.68. The Kier molecular flexibility index (Phi) is 7.92.